The quantitative estimate of drug-likeness (QED) is 0.195. The van der Waals surface area contributed by atoms with E-state index in [1.54, 1.807) is 4.90 Å². The first-order chi connectivity index (χ1) is 21.3. The van der Waals surface area contributed by atoms with Gasteiger partial charge in [0.05, 0.1) is 0 Å². The van der Waals surface area contributed by atoms with Crippen molar-refractivity contribution in [3.63, 3.8) is 0 Å². The van der Waals surface area contributed by atoms with Crippen molar-refractivity contribution in [1.29, 1.82) is 0 Å². The predicted octanol–water partition coefficient (Wildman–Crippen LogP) is 7.99. The lowest BCUT2D eigenvalue weighted by atomic mass is 10.0. The number of hydrogen-bond acceptors (Lipinski definition) is 6. The van der Waals surface area contributed by atoms with Crippen LogP contribution in [0, 0.1) is 0 Å². The van der Waals surface area contributed by atoms with E-state index in [1.807, 2.05) is 107 Å². The fraction of sp³-hybridized carbons (Fsp3) is 0.351. The summed E-state index contributed by atoms with van der Waals surface area (Å²) in [7, 11) is 0. The van der Waals surface area contributed by atoms with Gasteiger partial charge in [-0.1, -0.05) is 98.8 Å². The molecule has 0 unspecified atom stereocenters. The third kappa shape index (κ3) is 9.85. The van der Waals surface area contributed by atoms with Crippen LogP contribution in [0.2, 0.25) is 0 Å². The van der Waals surface area contributed by atoms with Gasteiger partial charge >= 0.3 is 6.09 Å². The van der Waals surface area contributed by atoms with Crippen LogP contribution in [0.15, 0.2) is 97.1 Å². The minimum absolute atomic E-state index is 0.234. The molecule has 5 rings (SSSR count). The topological polar surface area (TPSA) is 64.1 Å². The van der Waals surface area contributed by atoms with E-state index in [-0.39, 0.29) is 6.09 Å². The number of hydrogen-bond donors (Lipinski definition) is 0. The Kier molecular flexibility index (Phi) is 11.8. The van der Waals surface area contributed by atoms with Crippen LogP contribution in [-0.2, 0) is 24.5 Å². The van der Waals surface area contributed by atoms with Crippen LogP contribution in [0.4, 0.5) is 4.79 Å². The molecule has 7 nitrogen and oxygen atoms in total. The maximum absolute atomic E-state index is 12.4. The molecule has 0 aliphatic carbocycles. The van der Waals surface area contributed by atoms with Gasteiger partial charge in [-0.25, -0.2) is 4.79 Å². The van der Waals surface area contributed by atoms with Crippen molar-refractivity contribution < 1.29 is 19.0 Å². The first kappa shape index (κ1) is 32.6. The summed E-state index contributed by atoms with van der Waals surface area (Å²) in [6.07, 6.45) is -0.234. The van der Waals surface area contributed by atoms with Crippen molar-refractivity contribution in [3.05, 3.63) is 114 Å². The molecule has 0 N–H and O–H groups in total. The van der Waals surface area contributed by atoms with Crippen molar-refractivity contribution in [2.24, 2.45) is 0 Å². The molecule has 232 valence electrons. The van der Waals surface area contributed by atoms with Gasteiger partial charge in [0.1, 0.15) is 18.8 Å². The molecule has 0 atom stereocenters. The smallest absolute Gasteiger partial charge is 0.410 e. The number of rotatable bonds is 9. The Hall–Kier alpha value is -4.36. The third-order valence-electron chi connectivity index (χ3n) is 6.98. The van der Waals surface area contributed by atoms with Gasteiger partial charge < -0.3 is 19.1 Å². The number of benzene rings is 3. The molecule has 1 amide bonds. The van der Waals surface area contributed by atoms with Gasteiger partial charge in [-0.3, -0.25) is 4.90 Å². The fourth-order valence-corrected chi connectivity index (χ4v) is 4.75. The highest BCUT2D eigenvalue weighted by Gasteiger charge is 2.25. The molecule has 0 spiro atoms. The van der Waals surface area contributed by atoms with E-state index in [4.69, 9.17) is 19.2 Å². The molecule has 0 radical (unpaired) electrons. The van der Waals surface area contributed by atoms with Crippen molar-refractivity contribution in [1.82, 2.24) is 14.8 Å². The van der Waals surface area contributed by atoms with Crippen LogP contribution in [0.1, 0.15) is 51.3 Å². The van der Waals surface area contributed by atoms with E-state index in [0.717, 1.165) is 41.9 Å². The summed E-state index contributed by atoms with van der Waals surface area (Å²) in [6.45, 7) is 14.3. The largest absolute Gasteiger partial charge is 0.473 e. The summed E-state index contributed by atoms with van der Waals surface area (Å²) >= 11 is 0. The molecule has 1 aliphatic rings. The number of ether oxygens (including phenoxy) is 3. The number of nitrogens with zero attached hydrogens (tertiary/aromatic N) is 3. The standard InChI is InChI=1S/C35H39N3O4.C2H6/c1-35(2,3)42-34(39)38-22-20-37(21-23-38)24-27-14-16-30(17-15-27)31-18-19-32(40-25-28-10-6-4-7-11-28)36-33(31)41-26-29-12-8-5-9-13-29;1-2/h4-19H,20-26H2,1-3H3;1-2H3. The molecule has 1 fully saturated rings. The molecule has 1 aromatic heterocycles. The van der Waals surface area contributed by atoms with Crippen LogP contribution < -0.4 is 9.47 Å². The zero-order valence-corrected chi connectivity index (χ0v) is 26.7. The zero-order valence-electron chi connectivity index (χ0n) is 26.7. The summed E-state index contributed by atoms with van der Waals surface area (Å²) in [4.78, 5) is 21.3. The lowest BCUT2D eigenvalue weighted by Gasteiger charge is -2.35. The van der Waals surface area contributed by atoms with Crippen molar-refractivity contribution in [2.45, 2.75) is 60.0 Å². The number of carbonyl (C=O) groups is 1. The van der Waals surface area contributed by atoms with Gasteiger partial charge in [0, 0.05) is 44.4 Å². The molecule has 1 aliphatic heterocycles. The van der Waals surface area contributed by atoms with E-state index in [0.29, 0.717) is 38.1 Å². The van der Waals surface area contributed by atoms with Crippen molar-refractivity contribution in [2.75, 3.05) is 26.2 Å². The second kappa shape index (κ2) is 15.9. The highest BCUT2D eigenvalue weighted by molar-refractivity contribution is 5.69. The Labute approximate surface area is 262 Å². The monoisotopic (exact) mass is 595 g/mol. The predicted molar refractivity (Wildman–Crippen MR) is 176 cm³/mol. The Morgan fingerprint density at radius 2 is 1.27 bits per heavy atom. The Morgan fingerprint density at radius 1 is 0.705 bits per heavy atom. The summed E-state index contributed by atoms with van der Waals surface area (Å²) in [6, 6.07) is 32.6. The normalized spacial score (nSPS) is 13.4. The summed E-state index contributed by atoms with van der Waals surface area (Å²) < 4.78 is 17.8. The minimum Gasteiger partial charge on any atom is -0.473 e. The Balaban J connectivity index is 0.00000216. The van der Waals surface area contributed by atoms with Gasteiger partial charge in [-0.2, -0.15) is 4.98 Å². The maximum Gasteiger partial charge on any atom is 0.410 e. The minimum atomic E-state index is -0.479. The number of piperazine rings is 1. The average molecular weight is 596 g/mol. The molecule has 4 aromatic rings. The third-order valence-corrected chi connectivity index (χ3v) is 6.98. The first-order valence-corrected chi connectivity index (χ1v) is 15.5. The second-order valence-corrected chi connectivity index (χ2v) is 11.5. The van der Waals surface area contributed by atoms with Crippen LogP contribution in [-0.4, -0.2) is 52.7 Å². The van der Waals surface area contributed by atoms with E-state index < -0.39 is 5.60 Å². The number of amides is 1. The van der Waals surface area contributed by atoms with Gasteiger partial charge in [-0.05, 0) is 49.1 Å². The highest BCUT2D eigenvalue weighted by Crippen LogP contribution is 2.32. The first-order valence-electron chi connectivity index (χ1n) is 15.5. The average Bonchev–Trinajstić information content (AvgIpc) is 3.05. The van der Waals surface area contributed by atoms with Crippen LogP contribution >= 0.6 is 0 Å². The van der Waals surface area contributed by atoms with E-state index >= 15 is 0 Å². The maximum atomic E-state index is 12.4. The van der Waals surface area contributed by atoms with E-state index in [2.05, 4.69) is 29.2 Å². The summed E-state index contributed by atoms with van der Waals surface area (Å²) in [5, 5.41) is 0. The van der Waals surface area contributed by atoms with Crippen molar-refractivity contribution >= 4 is 6.09 Å². The Morgan fingerprint density at radius 3 is 1.84 bits per heavy atom. The number of pyridine rings is 1. The van der Waals surface area contributed by atoms with E-state index in [1.165, 1.54) is 5.56 Å². The lowest BCUT2D eigenvalue weighted by Crippen LogP contribution is -2.49. The van der Waals surface area contributed by atoms with Crippen molar-refractivity contribution in [3.8, 4) is 22.9 Å². The van der Waals surface area contributed by atoms with Crippen LogP contribution in [0.25, 0.3) is 11.1 Å². The molecule has 3 aromatic carbocycles. The zero-order chi connectivity index (χ0) is 31.4. The summed E-state index contributed by atoms with van der Waals surface area (Å²) in [5.74, 6) is 1.06. The van der Waals surface area contributed by atoms with E-state index in [9.17, 15) is 4.79 Å². The second-order valence-electron chi connectivity index (χ2n) is 11.5. The molecular weight excluding hydrogens is 550 g/mol. The number of aromatic nitrogens is 1. The molecule has 0 bridgehead atoms. The van der Waals surface area contributed by atoms with Crippen LogP contribution in [0.5, 0.6) is 11.8 Å². The fourth-order valence-electron chi connectivity index (χ4n) is 4.75. The molecule has 2 heterocycles. The molecular formula is C37H45N3O4. The molecule has 0 saturated carbocycles. The lowest BCUT2D eigenvalue weighted by molar-refractivity contribution is 0.0139. The molecule has 7 heteroatoms. The van der Waals surface area contributed by atoms with Crippen LogP contribution in [0.3, 0.4) is 0 Å². The SMILES string of the molecule is CC.CC(C)(C)OC(=O)N1CCN(Cc2ccc(-c3ccc(OCc4ccccc4)nc3OCc3ccccc3)cc2)CC1. The van der Waals surface area contributed by atoms with Gasteiger partial charge in [-0.15, -0.1) is 0 Å². The highest BCUT2D eigenvalue weighted by atomic mass is 16.6. The van der Waals surface area contributed by atoms with Gasteiger partial charge in [0.15, 0.2) is 0 Å². The van der Waals surface area contributed by atoms with Gasteiger partial charge in [0.25, 0.3) is 0 Å². The molecule has 1 saturated heterocycles. The molecule has 44 heavy (non-hydrogen) atoms. The number of carbonyl (C=O) groups excluding carboxylic acids is 1. The van der Waals surface area contributed by atoms with Gasteiger partial charge in [0.2, 0.25) is 11.8 Å². The summed E-state index contributed by atoms with van der Waals surface area (Å²) in [5.41, 5.74) is 4.83. The Bertz CT molecular complexity index is 1430.